The van der Waals surface area contributed by atoms with Gasteiger partial charge in [0.05, 0.1) is 26.9 Å². The van der Waals surface area contributed by atoms with Crippen molar-refractivity contribution >= 4 is 34.5 Å². The van der Waals surface area contributed by atoms with Crippen LogP contribution in [0.2, 0.25) is 0 Å². The molecular weight excluding hydrogens is 296 g/mol. The number of aromatic amines is 1. The van der Waals surface area contributed by atoms with E-state index in [0.29, 0.717) is 0 Å². The zero-order chi connectivity index (χ0) is 14.1. The number of H-pyrrole nitrogens is 1. The smallest absolute Gasteiger partial charge is 0.0809 e. The molecule has 3 aromatic heterocycles. The first kappa shape index (κ1) is 12.6. The van der Waals surface area contributed by atoms with Crippen LogP contribution in [0.5, 0.6) is 0 Å². The normalized spacial score (nSPS) is 15.8. The molecule has 0 saturated heterocycles. The number of hydrogen-bond donors (Lipinski definition) is 1. The topological polar surface area (TPSA) is 28.1 Å². The van der Waals surface area contributed by atoms with Crippen molar-refractivity contribution in [1.82, 2.24) is 4.98 Å². The van der Waals surface area contributed by atoms with E-state index in [1.54, 1.807) is 22.7 Å². The van der Waals surface area contributed by atoms with Crippen LogP contribution in [0, 0.1) is 0 Å². The number of nitrogens with zero attached hydrogens (tertiary/aromatic N) is 1. The van der Waals surface area contributed by atoms with Gasteiger partial charge in [-0.05, 0) is 53.3 Å². The van der Waals surface area contributed by atoms with Gasteiger partial charge in [0.25, 0.3) is 0 Å². The number of thiophene rings is 2. The van der Waals surface area contributed by atoms with Crippen molar-refractivity contribution in [3.05, 3.63) is 75.6 Å². The van der Waals surface area contributed by atoms with Gasteiger partial charge in [0.2, 0.25) is 0 Å². The van der Waals surface area contributed by atoms with Crippen LogP contribution in [0.25, 0.3) is 16.6 Å². The van der Waals surface area contributed by atoms with E-state index < -0.39 is 0 Å². The Morgan fingerprint density at radius 1 is 0.905 bits per heavy atom. The molecule has 0 atom stereocenters. The average molecular weight is 308 g/mol. The molecule has 0 bridgehead atoms. The lowest BCUT2D eigenvalue weighted by atomic mass is 10.3. The van der Waals surface area contributed by atoms with Crippen molar-refractivity contribution in [3.63, 3.8) is 0 Å². The Balaban J connectivity index is 1.60. The van der Waals surface area contributed by atoms with Crippen molar-refractivity contribution in [2.24, 2.45) is 4.99 Å². The van der Waals surface area contributed by atoms with Crippen LogP contribution in [0.15, 0.2) is 70.0 Å². The van der Waals surface area contributed by atoms with E-state index in [4.69, 9.17) is 0 Å². The zero-order valence-electron chi connectivity index (χ0n) is 11.1. The van der Waals surface area contributed by atoms with Crippen LogP contribution < -0.4 is 0 Å². The molecule has 1 aliphatic heterocycles. The molecule has 4 rings (SSSR count). The molecule has 4 heterocycles. The molecule has 0 aromatic carbocycles. The molecule has 0 saturated carbocycles. The Labute approximate surface area is 130 Å². The summed E-state index contributed by atoms with van der Waals surface area (Å²) in [5, 5.41) is 4.16. The van der Waals surface area contributed by atoms with Crippen LogP contribution >= 0.6 is 22.7 Å². The molecule has 0 radical (unpaired) electrons. The first-order chi connectivity index (χ1) is 10.4. The molecule has 0 spiro atoms. The molecule has 0 amide bonds. The number of aromatic nitrogens is 1. The summed E-state index contributed by atoms with van der Waals surface area (Å²) in [5.41, 5.74) is 4.26. The van der Waals surface area contributed by atoms with Crippen LogP contribution in [-0.4, -0.2) is 10.7 Å². The number of allylic oxidation sites excluding steroid dienone is 2. The quantitative estimate of drug-likeness (QED) is 0.688. The Bertz CT molecular complexity index is 831. The van der Waals surface area contributed by atoms with Gasteiger partial charge in [0.15, 0.2) is 0 Å². The molecule has 0 unspecified atom stereocenters. The molecule has 1 aliphatic rings. The highest BCUT2D eigenvalue weighted by Crippen LogP contribution is 2.25. The second-order valence-corrected chi connectivity index (χ2v) is 6.58. The van der Waals surface area contributed by atoms with E-state index in [-0.39, 0.29) is 0 Å². The van der Waals surface area contributed by atoms with Gasteiger partial charge in [0, 0.05) is 5.69 Å². The van der Waals surface area contributed by atoms with Gasteiger partial charge in [-0.3, -0.25) is 0 Å². The van der Waals surface area contributed by atoms with Gasteiger partial charge in [-0.1, -0.05) is 12.1 Å². The minimum absolute atomic E-state index is 0.984. The molecule has 1 N–H and O–H groups in total. The standard InChI is InChI=1S/C17H12N2S2/c1-3-16(20-9-1)14-7-5-12(18-14)11-13-6-8-15(19-13)17-4-2-10-21-17/h1-11,18H. The third-order valence-electron chi connectivity index (χ3n) is 3.23. The number of hydrogen-bond acceptors (Lipinski definition) is 3. The summed E-state index contributed by atoms with van der Waals surface area (Å²) in [4.78, 5) is 10.5. The van der Waals surface area contributed by atoms with Gasteiger partial charge >= 0.3 is 0 Å². The Morgan fingerprint density at radius 2 is 1.71 bits per heavy atom. The van der Waals surface area contributed by atoms with E-state index in [0.717, 1.165) is 22.8 Å². The summed E-state index contributed by atoms with van der Waals surface area (Å²) >= 11 is 3.45. The predicted octanol–water partition coefficient (Wildman–Crippen LogP) is 5.20. The molecule has 3 aromatic rings. The summed E-state index contributed by atoms with van der Waals surface area (Å²) in [7, 11) is 0. The van der Waals surface area contributed by atoms with E-state index in [1.165, 1.54) is 9.75 Å². The molecule has 21 heavy (non-hydrogen) atoms. The van der Waals surface area contributed by atoms with Crippen LogP contribution in [-0.2, 0) is 0 Å². The first-order valence-corrected chi connectivity index (χ1v) is 8.40. The van der Waals surface area contributed by atoms with E-state index in [1.807, 2.05) is 0 Å². The van der Waals surface area contributed by atoms with Crippen molar-refractivity contribution in [2.75, 3.05) is 0 Å². The predicted molar refractivity (Wildman–Crippen MR) is 92.1 cm³/mol. The summed E-state index contributed by atoms with van der Waals surface area (Å²) in [6, 6.07) is 12.5. The highest BCUT2D eigenvalue weighted by atomic mass is 32.1. The van der Waals surface area contributed by atoms with Gasteiger partial charge in [-0.15, -0.1) is 22.7 Å². The second-order valence-electron chi connectivity index (χ2n) is 4.68. The Kier molecular flexibility index (Phi) is 3.18. The Hall–Kier alpha value is -2.17. The zero-order valence-corrected chi connectivity index (χ0v) is 12.7. The van der Waals surface area contributed by atoms with Gasteiger partial charge in [-0.2, -0.15) is 0 Å². The molecule has 2 nitrogen and oxygen atoms in total. The number of rotatable bonds is 3. The van der Waals surface area contributed by atoms with Crippen LogP contribution in [0.4, 0.5) is 0 Å². The summed E-state index contributed by atoms with van der Waals surface area (Å²) in [5.74, 6) is 0. The maximum Gasteiger partial charge on any atom is 0.0809 e. The molecule has 0 fully saturated rings. The lowest BCUT2D eigenvalue weighted by molar-refractivity contribution is 1.36. The maximum absolute atomic E-state index is 4.66. The molecule has 4 heteroatoms. The second kappa shape index (κ2) is 5.31. The molecular formula is C17H12N2S2. The van der Waals surface area contributed by atoms with E-state index >= 15 is 0 Å². The lowest BCUT2D eigenvalue weighted by Crippen LogP contribution is -1.87. The highest BCUT2D eigenvalue weighted by molar-refractivity contribution is 7.13. The first-order valence-electron chi connectivity index (χ1n) is 6.64. The minimum atomic E-state index is 0.984. The lowest BCUT2D eigenvalue weighted by Gasteiger charge is -1.93. The van der Waals surface area contributed by atoms with Crippen molar-refractivity contribution in [2.45, 2.75) is 0 Å². The van der Waals surface area contributed by atoms with Crippen LogP contribution in [0.1, 0.15) is 10.6 Å². The SMILES string of the molecule is C1=CC(c2cccs2)=NC1=Cc1ccc(-c2cccs2)[nH]1. The fourth-order valence-corrected chi connectivity index (χ4v) is 3.65. The van der Waals surface area contributed by atoms with E-state index in [2.05, 4.69) is 75.4 Å². The third kappa shape index (κ3) is 2.55. The summed E-state index contributed by atoms with van der Waals surface area (Å²) in [6.45, 7) is 0. The Morgan fingerprint density at radius 3 is 2.48 bits per heavy atom. The monoisotopic (exact) mass is 308 g/mol. The summed E-state index contributed by atoms with van der Waals surface area (Å²) in [6.07, 6.45) is 6.20. The fourth-order valence-electron chi connectivity index (χ4n) is 2.25. The molecule has 102 valence electrons. The van der Waals surface area contributed by atoms with Crippen LogP contribution in [0.3, 0.4) is 0 Å². The van der Waals surface area contributed by atoms with Crippen molar-refractivity contribution in [1.29, 1.82) is 0 Å². The third-order valence-corrected chi connectivity index (χ3v) is 5.03. The molecule has 0 aliphatic carbocycles. The summed E-state index contributed by atoms with van der Waals surface area (Å²) < 4.78 is 0. The minimum Gasteiger partial charge on any atom is -0.354 e. The van der Waals surface area contributed by atoms with Crippen molar-refractivity contribution < 1.29 is 0 Å². The number of nitrogens with one attached hydrogen (secondary N) is 1. The van der Waals surface area contributed by atoms with Crippen molar-refractivity contribution in [3.8, 4) is 10.6 Å². The highest BCUT2D eigenvalue weighted by Gasteiger charge is 2.08. The maximum atomic E-state index is 4.66. The largest absolute Gasteiger partial charge is 0.354 e. The average Bonchev–Trinajstić information content (AvgIpc) is 3.28. The van der Waals surface area contributed by atoms with Gasteiger partial charge in [0.1, 0.15) is 0 Å². The van der Waals surface area contributed by atoms with Gasteiger partial charge in [-0.25, -0.2) is 4.99 Å². The fraction of sp³-hybridized carbons (Fsp3) is 0. The van der Waals surface area contributed by atoms with Gasteiger partial charge < -0.3 is 4.98 Å². The number of aliphatic imine (C=N–C) groups is 1. The van der Waals surface area contributed by atoms with E-state index in [9.17, 15) is 0 Å².